The first-order valence-electron chi connectivity index (χ1n) is 11.3. The molecule has 1 heterocycles. The van der Waals surface area contributed by atoms with Gasteiger partial charge in [-0.2, -0.15) is 0 Å². The second-order valence-electron chi connectivity index (χ2n) is 11.5. The van der Waals surface area contributed by atoms with Crippen LogP contribution in [0, 0.1) is 34.5 Å². The largest absolute Gasteiger partial charge is 0.385 e. The summed E-state index contributed by atoms with van der Waals surface area (Å²) in [5.74, 6) is 1.08. The highest BCUT2D eigenvalue weighted by Crippen LogP contribution is 2.62. The maximum absolute atomic E-state index is 12.8. The van der Waals surface area contributed by atoms with E-state index in [1.54, 1.807) is 0 Å². The average Bonchev–Trinajstić information content (AvgIpc) is 2.89. The van der Waals surface area contributed by atoms with Gasteiger partial charge in [-0.3, -0.25) is 4.79 Å². The van der Waals surface area contributed by atoms with Gasteiger partial charge in [-0.25, -0.2) is 0 Å². The third-order valence-electron chi connectivity index (χ3n) is 8.97. The van der Waals surface area contributed by atoms with Crippen LogP contribution in [0.15, 0.2) is 11.6 Å². The summed E-state index contributed by atoms with van der Waals surface area (Å²) in [5.41, 5.74) is 0.371. The van der Waals surface area contributed by atoms with Crippen molar-refractivity contribution in [3.05, 3.63) is 11.6 Å². The van der Waals surface area contributed by atoms with Crippen LogP contribution in [-0.2, 0) is 14.3 Å². The molecule has 6 atom stereocenters. The molecule has 28 heavy (non-hydrogen) atoms. The lowest BCUT2D eigenvalue weighted by molar-refractivity contribution is -0.327. The van der Waals surface area contributed by atoms with Crippen LogP contribution < -0.4 is 0 Å². The van der Waals surface area contributed by atoms with Gasteiger partial charge in [0.15, 0.2) is 5.79 Å². The Bertz CT molecular complexity index is 714. The number of ether oxygens (including phenoxy) is 2. The molecule has 0 unspecified atom stereocenters. The molecule has 4 heteroatoms. The molecule has 4 aliphatic carbocycles. The topological polar surface area (TPSA) is 55.8 Å². The lowest BCUT2D eigenvalue weighted by Crippen LogP contribution is -2.59. The second kappa shape index (κ2) is 5.92. The molecule has 0 aromatic carbocycles. The fourth-order valence-electron chi connectivity index (χ4n) is 7.23. The maximum Gasteiger partial charge on any atom is 0.168 e. The normalized spacial score (nSPS) is 49.2. The Labute approximate surface area is 169 Å². The van der Waals surface area contributed by atoms with Crippen molar-refractivity contribution in [2.45, 2.75) is 84.0 Å². The molecule has 0 bridgehead atoms. The second-order valence-corrected chi connectivity index (χ2v) is 11.5. The molecule has 4 fully saturated rings. The minimum atomic E-state index is -0.732. The molecule has 5 rings (SSSR count). The molecular formula is C24H36O4. The Morgan fingerprint density at radius 1 is 1.11 bits per heavy atom. The predicted octanol–water partition coefficient (Wildman–Crippen LogP) is 4.26. The maximum atomic E-state index is 12.8. The van der Waals surface area contributed by atoms with Crippen LogP contribution in [0.4, 0.5) is 0 Å². The first-order valence-corrected chi connectivity index (χ1v) is 11.3. The molecule has 5 aliphatic rings. The predicted molar refractivity (Wildman–Crippen MR) is 107 cm³/mol. The van der Waals surface area contributed by atoms with Gasteiger partial charge >= 0.3 is 0 Å². The molecule has 0 aromatic heterocycles. The van der Waals surface area contributed by atoms with Crippen LogP contribution in [-0.4, -0.2) is 35.5 Å². The first kappa shape index (κ1) is 19.3. The van der Waals surface area contributed by atoms with Gasteiger partial charge < -0.3 is 14.6 Å². The van der Waals surface area contributed by atoms with Gasteiger partial charge in [0.1, 0.15) is 5.78 Å². The summed E-state index contributed by atoms with van der Waals surface area (Å²) in [7, 11) is 0. The Balaban J connectivity index is 1.40. The smallest absolute Gasteiger partial charge is 0.168 e. The summed E-state index contributed by atoms with van der Waals surface area (Å²) in [4.78, 5) is 12.8. The summed E-state index contributed by atoms with van der Waals surface area (Å²) >= 11 is 0. The number of carbonyl (C=O) groups is 1. The van der Waals surface area contributed by atoms with Crippen molar-refractivity contribution in [1.82, 2.24) is 0 Å². The molecule has 156 valence electrons. The van der Waals surface area contributed by atoms with Gasteiger partial charge in [0.25, 0.3) is 0 Å². The van der Waals surface area contributed by atoms with Crippen LogP contribution >= 0.6 is 0 Å². The van der Waals surface area contributed by atoms with Crippen LogP contribution in [0.2, 0.25) is 0 Å². The van der Waals surface area contributed by atoms with E-state index in [9.17, 15) is 9.90 Å². The minimum Gasteiger partial charge on any atom is -0.385 e. The quantitative estimate of drug-likeness (QED) is 0.630. The minimum absolute atomic E-state index is 0.0682. The molecule has 1 N–H and O–H groups in total. The van der Waals surface area contributed by atoms with Crippen molar-refractivity contribution in [2.24, 2.45) is 34.5 Å². The number of ketones is 1. The van der Waals surface area contributed by atoms with Crippen molar-refractivity contribution in [1.29, 1.82) is 0 Å². The molecule has 0 aromatic rings. The number of hydrogen-bond donors (Lipinski definition) is 1. The number of carbonyl (C=O) groups excluding carboxylic acids is 1. The Hall–Kier alpha value is -0.710. The van der Waals surface area contributed by atoms with Crippen molar-refractivity contribution < 1.29 is 19.4 Å². The van der Waals surface area contributed by atoms with E-state index in [2.05, 4.69) is 33.8 Å². The zero-order chi connectivity index (χ0) is 19.9. The molecule has 1 spiro atoms. The van der Waals surface area contributed by atoms with Gasteiger partial charge in [0.05, 0.1) is 18.8 Å². The highest BCUT2D eigenvalue weighted by molar-refractivity contribution is 5.89. The zero-order valence-corrected chi connectivity index (χ0v) is 17.9. The summed E-state index contributed by atoms with van der Waals surface area (Å²) < 4.78 is 12.5. The molecular weight excluding hydrogens is 352 g/mol. The molecule has 4 nitrogen and oxygen atoms in total. The molecule has 0 radical (unpaired) electrons. The number of allylic oxidation sites excluding steroid dienone is 1. The van der Waals surface area contributed by atoms with Gasteiger partial charge in [-0.05, 0) is 55.4 Å². The lowest BCUT2D eigenvalue weighted by atomic mass is 9.52. The van der Waals surface area contributed by atoms with Crippen LogP contribution in [0.1, 0.15) is 72.6 Å². The van der Waals surface area contributed by atoms with Gasteiger partial charge in [-0.15, -0.1) is 0 Å². The number of aliphatic hydroxyl groups is 1. The van der Waals surface area contributed by atoms with Gasteiger partial charge in [-0.1, -0.05) is 33.8 Å². The van der Waals surface area contributed by atoms with Gasteiger partial charge in [0.2, 0.25) is 0 Å². The Morgan fingerprint density at radius 2 is 1.82 bits per heavy atom. The van der Waals surface area contributed by atoms with E-state index in [0.717, 1.165) is 51.7 Å². The molecule has 1 aliphatic heterocycles. The SMILES string of the molecule is C[C@H]1C[C@H]2[C@@H]3CC[C@H]4CC5(CC[C@@]4(O)C3=CC[C@]2(C)C1=O)OCC(C)(C)CO5. The van der Waals surface area contributed by atoms with E-state index in [0.29, 0.717) is 24.0 Å². The highest BCUT2D eigenvalue weighted by atomic mass is 16.7. The van der Waals surface area contributed by atoms with Crippen molar-refractivity contribution >= 4 is 5.78 Å². The van der Waals surface area contributed by atoms with Crippen molar-refractivity contribution in [2.75, 3.05) is 13.2 Å². The van der Waals surface area contributed by atoms with Crippen LogP contribution in [0.5, 0.6) is 0 Å². The summed E-state index contributed by atoms with van der Waals surface area (Å²) in [6, 6.07) is 0. The van der Waals surface area contributed by atoms with E-state index in [1.165, 1.54) is 5.57 Å². The van der Waals surface area contributed by atoms with Crippen LogP contribution in [0.3, 0.4) is 0 Å². The Kier molecular flexibility index (Phi) is 4.07. The number of fused-ring (bicyclic) bond motifs is 5. The number of hydrogen-bond acceptors (Lipinski definition) is 4. The number of Topliss-reactive ketones (excluding diaryl/α,β-unsaturated/α-hetero) is 1. The average molecular weight is 389 g/mol. The fraction of sp³-hybridized carbons (Fsp3) is 0.875. The van der Waals surface area contributed by atoms with E-state index in [4.69, 9.17) is 9.47 Å². The molecule has 0 amide bonds. The summed E-state index contributed by atoms with van der Waals surface area (Å²) in [6.07, 6.45) is 8.40. The van der Waals surface area contributed by atoms with E-state index >= 15 is 0 Å². The first-order chi connectivity index (χ1) is 13.1. The third-order valence-corrected chi connectivity index (χ3v) is 8.97. The summed E-state index contributed by atoms with van der Waals surface area (Å²) in [6.45, 7) is 10.1. The third kappa shape index (κ3) is 2.56. The fourth-order valence-corrected chi connectivity index (χ4v) is 7.23. The van der Waals surface area contributed by atoms with Crippen molar-refractivity contribution in [3.8, 4) is 0 Å². The van der Waals surface area contributed by atoms with Gasteiger partial charge in [0, 0.05) is 29.6 Å². The molecule has 1 saturated heterocycles. The highest BCUT2D eigenvalue weighted by Gasteiger charge is 2.61. The summed E-state index contributed by atoms with van der Waals surface area (Å²) in [5, 5.41) is 11.9. The van der Waals surface area contributed by atoms with E-state index < -0.39 is 11.4 Å². The zero-order valence-electron chi connectivity index (χ0n) is 17.9. The standard InChI is InChI=1S/C24H36O4/c1-15-11-19-17-6-5-16-12-23(27-13-21(2,3)14-28-23)9-10-24(16,26)18(17)7-8-22(19,4)20(15)25/h7,15-17,19,26H,5-6,8-14H2,1-4H3/t15-,16-,17+,19-,22-,24-/m0/s1. The monoisotopic (exact) mass is 388 g/mol. The van der Waals surface area contributed by atoms with Crippen molar-refractivity contribution in [3.63, 3.8) is 0 Å². The van der Waals surface area contributed by atoms with E-state index in [1.807, 2.05) is 0 Å². The lowest BCUT2D eigenvalue weighted by Gasteiger charge is -2.57. The number of rotatable bonds is 0. The Morgan fingerprint density at radius 3 is 2.54 bits per heavy atom. The van der Waals surface area contributed by atoms with E-state index in [-0.39, 0.29) is 22.7 Å². The van der Waals surface area contributed by atoms with Crippen LogP contribution in [0.25, 0.3) is 0 Å². The molecule has 3 saturated carbocycles.